The minimum absolute atomic E-state index is 0.354. The fourth-order valence-corrected chi connectivity index (χ4v) is 2.93. The van der Waals surface area contributed by atoms with Gasteiger partial charge >= 0.3 is 10.4 Å². The lowest BCUT2D eigenvalue weighted by molar-refractivity contribution is -0.112. The third kappa shape index (κ3) is 17.1. The molecule has 0 aromatic heterocycles. The number of benzene rings is 3. The van der Waals surface area contributed by atoms with E-state index < -0.39 is 34.3 Å². The smallest absolute Gasteiger partial charge is 0.394 e. The van der Waals surface area contributed by atoms with E-state index in [4.69, 9.17) is 73.5 Å². The minimum atomic E-state index is -4.67. The Morgan fingerprint density at radius 2 is 1.40 bits per heavy atom. The molecule has 42 heavy (non-hydrogen) atoms. The molecule has 228 valence electrons. The van der Waals surface area contributed by atoms with Crippen LogP contribution in [0.1, 0.15) is 17.3 Å². The molecule has 9 N–H and O–H groups in total. The number of nitrogens with zero attached hydrogens (tertiary/aromatic N) is 1. The van der Waals surface area contributed by atoms with E-state index in [1.807, 2.05) is 12.1 Å². The van der Waals surface area contributed by atoms with Crippen LogP contribution in [0.25, 0.3) is 0 Å². The number of ketones is 1. The van der Waals surface area contributed by atoms with Crippen LogP contribution in [0.2, 0.25) is 15.1 Å². The molecule has 3 aromatic carbocycles. The third-order valence-corrected chi connectivity index (χ3v) is 4.90. The fraction of sp³-hybridized carbons (Fsp3) is 0.0833. The van der Waals surface area contributed by atoms with E-state index in [0.29, 0.717) is 37.7 Å². The maximum absolute atomic E-state index is 11.1. The highest BCUT2D eigenvalue weighted by Crippen LogP contribution is 2.30. The summed E-state index contributed by atoms with van der Waals surface area (Å²) >= 11 is 17.1. The Balaban J connectivity index is 0.000000535. The number of rotatable bonds is 2. The molecule has 14 nitrogen and oxygen atoms in total. The van der Waals surface area contributed by atoms with Crippen molar-refractivity contribution in [2.24, 2.45) is 5.16 Å². The number of hydrogen-bond donors (Lipinski definition) is 8. The molecule has 0 saturated carbocycles. The molecule has 0 atom stereocenters. The number of para-hydroxylation sites is 3. The molecule has 4 rings (SSSR count). The summed E-state index contributed by atoms with van der Waals surface area (Å²) in [5, 5.41) is 32.1. The normalized spacial score (nSPS) is 11.3. The zero-order valence-electron chi connectivity index (χ0n) is 21.3. The molecular weight excluding hydrogens is 643 g/mol. The SMILES string of the molecule is CC(O)O.Nc1ccccc1Cl.O=C(/C=N\O)Nc1ccccc1Cl.O=C1Nc2c(Cl)cccc2C1=O.O=S(=O)(O)O. The first-order valence-electron chi connectivity index (χ1n) is 10.9. The number of nitrogens with two attached hydrogens (primary N) is 1. The van der Waals surface area contributed by atoms with Crippen molar-refractivity contribution in [2.45, 2.75) is 13.2 Å². The highest BCUT2D eigenvalue weighted by molar-refractivity contribution is 7.79. The van der Waals surface area contributed by atoms with Gasteiger partial charge in [0.15, 0.2) is 0 Å². The van der Waals surface area contributed by atoms with E-state index in [9.17, 15) is 14.4 Å². The van der Waals surface area contributed by atoms with Crippen molar-refractivity contribution < 1.29 is 47.3 Å². The maximum Gasteiger partial charge on any atom is 0.394 e. The number of aliphatic hydroxyl groups excluding tert-OH is 1. The lowest BCUT2D eigenvalue weighted by atomic mass is 10.1. The first kappa shape index (κ1) is 38.2. The largest absolute Gasteiger partial charge is 0.411 e. The molecule has 1 aliphatic rings. The molecule has 1 aliphatic heterocycles. The number of oxime groups is 1. The number of Topliss-reactive ketones (excluding diaryl/α,β-unsaturated/α-hetero) is 1. The average molecular weight is 668 g/mol. The van der Waals surface area contributed by atoms with Crippen molar-refractivity contribution in [3.63, 3.8) is 0 Å². The van der Waals surface area contributed by atoms with Gasteiger partial charge < -0.3 is 31.8 Å². The molecule has 18 heteroatoms. The van der Waals surface area contributed by atoms with E-state index in [-0.39, 0.29) is 0 Å². The zero-order chi connectivity index (χ0) is 32.5. The second-order valence-electron chi connectivity index (χ2n) is 7.26. The number of carbonyl (C=O) groups excluding carboxylic acids is 3. The number of anilines is 3. The van der Waals surface area contributed by atoms with E-state index in [1.54, 1.807) is 54.6 Å². The van der Waals surface area contributed by atoms with Gasteiger partial charge in [0.1, 0.15) is 12.5 Å². The number of amides is 2. The van der Waals surface area contributed by atoms with Gasteiger partial charge in [-0.3, -0.25) is 23.5 Å². The van der Waals surface area contributed by atoms with Gasteiger partial charge in [-0.2, -0.15) is 8.42 Å². The molecule has 0 aliphatic carbocycles. The van der Waals surface area contributed by atoms with Crippen molar-refractivity contribution in [3.8, 4) is 0 Å². The number of aliphatic hydroxyl groups is 2. The van der Waals surface area contributed by atoms with Crippen LogP contribution in [0.15, 0.2) is 71.9 Å². The van der Waals surface area contributed by atoms with Crippen molar-refractivity contribution in [3.05, 3.63) is 87.4 Å². The lowest BCUT2D eigenvalue weighted by Crippen LogP contribution is -2.12. The minimum Gasteiger partial charge on any atom is -0.411 e. The van der Waals surface area contributed by atoms with Gasteiger partial charge in [-0.25, -0.2) is 0 Å². The molecule has 0 radical (unpaired) electrons. The van der Waals surface area contributed by atoms with Crippen LogP contribution in [-0.4, -0.2) is 63.0 Å². The molecule has 0 spiro atoms. The second kappa shape index (κ2) is 19.3. The Morgan fingerprint density at radius 1 is 0.929 bits per heavy atom. The van der Waals surface area contributed by atoms with Crippen molar-refractivity contribution >= 4 is 86.1 Å². The van der Waals surface area contributed by atoms with Crippen LogP contribution in [0.4, 0.5) is 17.1 Å². The van der Waals surface area contributed by atoms with Crippen LogP contribution < -0.4 is 16.4 Å². The summed E-state index contributed by atoms with van der Waals surface area (Å²) in [7, 11) is -4.67. The van der Waals surface area contributed by atoms with Crippen LogP contribution in [0.5, 0.6) is 0 Å². The summed E-state index contributed by atoms with van der Waals surface area (Å²) < 4.78 is 31.6. The molecule has 0 bridgehead atoms. The number of nitrogen functional groups attached to an aromatic ring is 1. The number of carbonyl (C=O) groups is 3. The van der Waals surface area contributed by atoms with Gasteiger partial charge in [0.25, 0.3) is 17.6 Å². The van der Waals surface area contributed by atoms with Crippen molar-refractivity contribution in [1.29, 1.82) is 0 Å². The molecule has 1 heterocycles. The highest BCUT2D eigenvalue weighted by atomic mass is 35.5. The standard InChI is InChI=1S/C8H7ClN2O2.C8H4ClNO2.C6H6ClN.C2H6O2.H2O4S/c9-6-3-1-2-4-7(6)11-8(12)5-10-13;9-5-3-1-2-4-6(5)10-8(12)7(4)11;7-5-3-1-2-4-6(5)8;1-2(3)4;1-5(2,3)4/h1-5,13H,(H,11,12);1-3H,(H,10,11,12);1-4H,8H2;2-4H,1H3;(H2,1,2,3,4)/b10-5-;;;;. The molecule has 0 saturated heterocycles. The summed E-state index contributed by atoms with van der Waals surface area (Å²) in [5.74, 6) is -1.67. The lowest BCUT2D eigenvalue weighted by Gasteiger charge is -2.02. The van der Waals surface area contributed by atoms with E-state index >= 15 is 0 Å². The van der Waals surface area contributed by atoms with Crippen LogP contribution >= 0.6 is 34.8 Å². The second-order valence-corrected chi connectivity index (χ2v) is 9.38. The van der Waals surface area contributed by atoms with Gasteiger partial charge in [0.2, 0.25) is 0 Å². The van der Waals surface area contributed by atoms with Crippen LogP contribution in [-0.2, 0) is 20.0 Å². The first-order chi connectivity index (χ1) is 19.5. The fourth-order valence-electron chi connectivity index (χ4n) is 2.39. The summed E-state index contributed by atoms with van der Waals surface area (Å²) in [6.45, 7) is 1.28. The van der Waals surface area contributed by atoms with E-state index in [1.165, 1.54) is 6.92 Å². The highest BCUT2D eigenvalue weighted by Gasteiger charge is 2.29. The van der Waals surface area contributed by atoms with E-state index in [2.05, 4.69) is 15.8 Å². The monoisotopic (exact) mass is 666 g/mol. The Bertz CT molecular complexity index is 1460. The summed E-state index contributed by atoms with van der Waals surface area (Å²) in [6.07, 6.45) is -0.413. The molecule has 2 amide bonds. The quantitative estimate of drug-likeness (QED) is 0.0371. The number of nitrogens with one attached hydrogen (secondary N) is 2. The number of halogens is 3. The maximum atomic E-state index is 11.1. The van der Waals surface area contributed by atoms with Crippen molar-refractivity contribution in [2.75, 3.05) is 16.4 Å². The topological polar surface area (TPSA) is 249 Å². The predicted octanol–water partition coefficient (Wildman–Crippen LogP) is 3.80. The molecule has 3 aromatic rings. The van der Waals surface area contributed by atoms with Gasteiger partial charge in [-0.1, -0.05) is 70.3 Å². The first-order valence-corrected chi connectivity index (χ1v) is 13.4. The number of fused-ring (bicyclic) bond motifs is 1. The Morgan fingerprint density at radius 3 is 1.83 bits per heavy atom. The predicted molar refractivity (Wildman–Crippen MR) is 159 cm³/mol. The summed E-state index contributed by atoms with van der Waals surface area (Å²) in [5.41, 5.74) is 7.28. The molecular formula is C24H25Cl3N4O10S. The summed E-state index contributed by atoms with van der Waals surface area (Å²) in [4.78, 5) is 32.8. The van der Waals surface area contributed by atoms with Crippen LogP contribution in [0.3, 0.4) is 0 Å². The van der Waals surface area contributed by atoms with Crippen LogP contribution in [0, 0.1) is 0 Å². The number of hydrogen-bond acceptors (Lipinski definition) is 10. The Hall–Kier alpha value is -3.80. The van der Waals surface area contributed by atoms with Gasteiger partial charge in [-0.15, -0.1) is 0 Å². The average Bonchev–Trinajstić information content (AvgIpc) is 3.17. The van der Waals surface area contributed by atoms with Crippen molar-refractivity contribution in [1.82, 2.24) is 0 Å². The Labute approximate surface area is 254 Å². The van der Waals surface area contributed by atoms with Gasteiger partial charge in [0.05, 0.1) is 37.7 Å². The van der Waals surface area contributed by atoms with E-state index in [0.717, 1.165) is 6.21 Å². The molecule has 0 fully saturated rings. The summed E-state index contributed by atoms with van der Waals surface area (Å²) in [6, 6.07) is 18.8. The van der Waals surface area contributed by atoms with Gasteiger partial charge in [0, 0.05) is 0 Å². The molecule has 0 unspecified atom stereocenters. The third-order valence-electron chi connectivity index (χ3n) is 3.91. The zero-order valence-corrected chi connectivity index (χ0v) is 24.4. The van der Waals surface area contributed by atoms with Gasteiger partial charge in [-0.05, 0) is 43.3 Å². The Kier molecular flexibility index (Phi) is 17.6.